The van der Waals surface area contributed by atoms with E-state index in [9.17, 15) is 39.9 Å². The van der Waals surface area contributed by atoms with Gasteiger partial charge in [0.2, 0.25) is 16.0 Å². The highest BCUT2D eigenvalue weighted by Crippen LogP contribution is 2.49. The fourth-order valence-electron chi connectivity index (χ4n) is 3.50. The average molecular weight is 529 g/mol. The van der Waals surface area contributed by atoms with Crippen LogP contribution in [-0.2, 0) is 15.6 Å². The summed E-state index contributed by atoms with van der Waals surface area (Å²) in [5, 5.41) is 9.56. The Kier molecular flexibility index (Phi) is 8.64. The summed E-state index contributed by atoms with van der Waals surface area (Å²) < 4.78 is 105. The van der Waals surface area contributed by atoms with Gasteiger partial charge in [0.1, 0.15) is 0 Å². The summed E-state index contributed by atoms with van der Waals surface area (Å²) in [7, 11) is -3.73. The van der Waals surface area contributed by atoms with Crippen LogP contribution in [0.15, 0.2) is 42.7 Å². The first-order valence-corrected chi connectivity index (χ1v) is 12.4. The van der Waals surface area contributed by atoms with Gasteiger partial charge in [-0.05, 0) is 25.0 Å². The van der Waals surface area contributed by atoms with Crippen molar-refractivity contribution in [2.75, 3.05) is 28.6 Å². The Hall–Kier alpha value is -2.61. The van der Waals surface area contributed by atoms with E-state index in [4.69, 9.17) is 0 Å². The van der Waals surface area contributed by atoms with Crippen molar-refractivity contribution in [2.45, 2.75) is 50.7 Å². The van der Waals surface area contributed by atoms with E-state index in [0.717, 1.165) is 10.6 Å². The van der Waals surface area contributed by atoms with Crippen LogP contribution in [0.4, 0.5) is 38.0 Å². The molecule has 1 heterocycles. The van der Waals surface area contributed by atoms with Gasteiger partial charge in [-0.2, -0.15) is 26.3 Å². The summed E-state index contributed by atoms with van der Waals surface area (Å²) in [5.41, 5.74) is -6.33. The van der Waals surface area contributed by atoms with Crippen LogP contribution < -0.4 is 9.21 Å². The number of sulfonamides is 1. The summed E-state index contributed by atoms with van der Waals surface area (Å²) in [4.78, 5) is 8.90. The van der Waals surface area contributed by atoms with Gasteiger partial charge in [-0.15, -0.1) is 0 Å². The summed E-state index contributed by atoms with van der Waals surface area (Å²) in [6.45, 7) is 3.71. The molecule has 7 nitrogen and oxygen atoms in total. The quantitative estimate of drug-likeness (QED) is 0.464. The maximum atomic E-state index is 13.2. The van der Waals surface area contributed by atoms with Crippen LogP contribution in [0.3, 0.4) is 0 Å². The molecule has 1 aromatic carbocycles. The number of halogens is 6. The molecule has 0 fully saturated rings. The van der Waals surface area contributed by atoms with Gasteiger partial charge in [-0.25, -0.2) is 18.4 Å². The van der Waals surface area contributed by atoms with Gasteiger partial charge in [0.25, 0.3) is 5.60 Å². The minimum absolute atomic E-state index is 0.0699. The van der Waals surface area contributed by atoms with Gasteiger partial charge < -0.3 is 10.0 Å². The Balaban J connectivity index is 2.47. The summed E-state index contributed by atoms with van der Waals surface area (Å²) in [6, 6.07) is 7.64. The second-order valence-electron chi connectivity index (χ2n) is 7.86. The first kappa shape index (κ1) is 28.6. The van der Waals surface area contributed by atoms with Crippen molar-refractivity contribution in [2.24, 2.45) is 0 Å². The van der Waals surface area contributed by atoms with Gasteiger partial charge in [0.05, 0.1) is 24.5 Å². The predicted molar refractivity (Wildman–Crippen MR) is 118 cm³/mol. The summed E-state index contributed by atoms with van der Waals surface area (Å²) >= 11 is 0. The van der Waals surface area contributed by atoms with Crippen molar-refractivity contribution in [3.63, 3.8) is 0 Å². The molecule has 1 atom stereocenters. The summed E-state index contributed by atoms with van der Waals surface area (Å²) in [6.07, 6.45) is -9.67. The first-order chi connectivity index (χ1) is 16.1. The zero-order chi connectivity index (χ0) is 26.7. The maximum Gasteiger partial charge on any atom is 0.430 e. The maximum absolute atomic E-state index is 13.2. The number of aliphatic hydroxyl groups is 1. The highest BCUT2D eigenvalue weighted by molar-refractivity contribution is 7.92. The van der Waals surface area contributed by atoms with E-state index in [2.05, 4.69) is 9.97 Å². The zero-order valence-corrected chi connectivity index (χ0v) is 20.0. The first-order valence-electron chi connectivity index (χ1n) is 10.6. The molecular weight excluding hydrogens is 502 g/mol. The Labute approximate surface area is 199 Å². The molecule has 0 radical (unpaired) electrons. The molecule has 0 saturated heterocycles. The molecule has 2 rings (SSSR count). The number of hydrogen-bond donors (Lipinski definition) is 1. The van der Waals surface area contributed by atoms with Crippen LogP contribution in [0.2, 0.25) is 0 Å². The lowest BCUT2D eigenvalue weighted by Crippen LogP contribution is -2.54. The van der Waals surface area contributed by atoms with E-state index in [0.29, 0.717) is 18.5 Å². The SMILES string of the molecule is CCCN(c1ncc(C(O)(C(F)(F)F)C(F)(F)F)cn1)[C@H](CC)CN(c1ccccc1)S(C)(=O)=O. The molecule has 1 N–H and O–H groups in total. The topological polar surface area (TPSA) is 86.6 Å². The molecule has 14 heteroatoms. The largest absolute Gasteiger partial charge is 0.430 e. The van der Waals surface area contributed by atoms with Gasteiger partial charge in [0.15, 0.2) is 0 Å². The van der Waals surface area contributed by atoms with Gasteiger partial charge in [0, 0.05) is 24.5 Å². The molecule has 196 valence electrons. The van der Waals surface area contributed by atoms with Crippen molar-refractivity contribution in [3.8, 4) is 0 Å². The Morgan fingerprint density at radius 3 is 1.89 bits per heavy atom. The van der Waals surface area contributed by atoms with Crippen molar-refractivity contribution < 1.29 is 39.9 Å². The minimum atomic E-state index is -6.06. The number of anilines is 2. The van der Waals surface area contributed by atoms with Crippen LogP contribution >= 0.6 is 0 Å². The zero-order valence-electron chi connectivity index (χ0n) is 19.2. The fraction of sp³-hybridized carbons (Fsp3) is 0.524. The van der Waals surface area contributed by atoms with Crippen LogP contribution in [0.1, 0.15) is 32.3 Å². The normalized spacial score (nSPS) is 14.0. The molecular formula is C21H26F6N4O3S. The van der Waals surface area contributed by atoms with Crippen LogP contribution in [0.25, 0.3) is 0 Å². The van der Waals surface area contributed by atoms with Crippen molar-refractivity contribution >= 4 is 21.7 Å². The van der Waals surface area contributed by atoms with E-state index >= 15 is 0 Å². The standard InChI is InChI=1S/C21H26F6N4O3S/c1-4-11-30(16(5-2)14-31(35(3,33)34)17-9-7-6-8-10-17)18-28-12-15(13-29-18)19(32,20(22,23)24)21(25,26)27/h6-10,12-13,16,32H,4-5,11,14H2,1-3H3/t16-/m1/s1. The molecule has 0 aliphatic rings. The number of aromatic nitrogens is 2. The highest BCUT2D eigenvalue weighted by atomic mass is 32.2. The van der Waals surface area contributed by atoms with Gasteiger partial charge in [-0.1, -0.05) is 32.0 Å². The Morgan fingerprint density at radius 2 is 1.49 bits per heavy atom. The Morgan fingerprint density at radius 1 is 0.971 bits per heavy atom. The Bertz CT molecular complexity index is 1050. The molecule has 0 aliphatic carbocycles. The van der Waals surface area contributed by atoms with Crippen molar-refractivity contribution in [1.29, 1.82) is 0 Å². The fourth-order valence-corrected chi connectivity index (χ4v) is 4.44. The second kappa shape index (κ2) is 10.6. The predicted octanol–water partition coefficient (Wildman–Crippen LogP) is 4.25. The smallest absolute Gasteiger partial charge is 0.369 e. The van der Waals surface area contributed by atoms with Crippen LogP contribution in [0.5, 0.6) is 0 Å². The molecule has 0 unspecified atom stereocenters. The highest BCUT2D eigenvalue weighted by Gasteiger charge is 2.71. The third kappa shape index (κ3) is 6.15. The lowest BCUT2D eigenvalue weighted by Gasteiger charge is -2.35. The molecule has 2 aromatic rings. The molecule has 1 aromatic heterocycles. The van der Waals surface area contributed by atoms with Crippen LogP contribution in [-0.4, -0.2) is 61.2 Å². The lowest BCUT2D eigenvalue weighted by molar-refractivity contribution is -0.376. The number of hydrogen-bond acceptors (Lipinski definition) is 6. The lowest BCUT2D eigenvalue weighted by atomic mass is 9.95. The minimum Gasteiger partial charge on any atom is -0.369 e. The molecule has 0 bridgehead atoms. The van der Waals surface area contributed by atoms with Crippen molar-refractivity contribution in [3.05, 3.63) is 48.3 Å². The molecule has 0 spiro atoms. The molecule has 0 amide bonds. The molecule has 35 heavy (non-hydrogen) atoms. The third-order valence-electron chi connectivity index (χ3n) is 5.33. The number of nitrogens with zero attached hydrogens (tertiary/aromatic N) is 4. The average Bonchev–Trinajstić information content (AvgIpc) is 2.76. The van der Waals surface area contributed by atoms with Gasteiger partial charge in [-0.3, -0.25) is 4.31 Å². The van der Waals surface area contributed by atoms with E-state index in [1.807, 2.05) is 0 Å². The van der Waals surface area contributed by atoms with E-state index < -0.39 is 39.6 Å². The van der Waals surface area contributed by atoms with E-state index in [-0.39, 0.29) is 31.4 Å². The number of para-hydroxylation sites is 1. The third-order valence-corrected chi connectivity index (χ3v) is 6.49. The molecule has 0 aliphatic heterocycles. The van der Waals surface area contributed by atoms with Crippen molar-refractivity contribution in [1.82, 2.24) is 9.97 Å². The second-order valence-corrected chi connectivity index (χ2v) is 9.77. The number of benzene rings is 1. The van der Waals surface area contributed by atoms with E-state index in [1.54, 1.807) is 44.2 Å². The van der Waals surface area contributed by atoms with Gasteiger partial charge >= 0.3 is 12.4 Å². The molecule has 0 saturated carbocycles. The van der Waals surface area contributed by atoms with E-state index in [1.165, 1.54) is 4.90 Å². The number of rotatable bonds is 10. The monoisotopic (exact) mass is 528 g/mol. The van der Waals surface area contributed by atoms with Crippen LogP contribution in [0, 0.1) is 0 Å². The summed E-state index contributed by atoms with van der Waals surface area (Å²) in [5.74, 6) is -0.198. The number of alkyl halides is 6.